The number of benzene rings is 2. The van der Waals surface area contributed by atoms with Gasteiger partial charge in [0.1, 0.15) is 12.1 Å². The molecular formula is C24H26N2O5S. The van der Waals surface area contributed by atoms with Gasteiger partial charge in [0, 0.05) is 19.9 Å². The lowest BCUT2D eigenvalue weighted by molar-refractivity contribution is -0.151. The van der Waals surface area contributed by atoms with Crippen LogP contribution in [0, 0.1) is 0 Å². The minimum absolute atomic E-state index is 0.157. The van der Waals surface area contributed by atoms with Gasteiger partial charge in [0.2, 0.25) is 11.8 Å². The molecule has 8 heteroatoms. The second kappa shape index (κ2) is 10.5. The lowest BCUT2D eigenvalue weighted by Gasteiger charge is -2.29. The number of amides is 2. The number of carbonyl (C=O) groups is 4. The van der Waals surface area contributed by atoms with E-state index in [0.717, 1.165) is 28.5 Å². The van der Waals surface area contributed by atoms with Gasteiger partial charge in [0.15, 0.2) is 5.12 Å². The molecule has 0 radical (unpaired) electrons. The van der Waals surface area contributed by atoms with E-state index in [-0.39, 0.29) is 18.1 Å². The molecule has 2 amide bonds. The molecule has 0 aromatic heterocycles. The first kappa shape index (κ1) is 23.5. The van der Waals surface area contributed by atoms with E-state index in [2.05, 4.69) is 5.32 Å². The molecule has 7 nitrogen and oxygen atoms in total. The fraction of sp³-hybridized carbons (Fsp3) is 0.333. The van der Waals surface area contributed by atoms with Gasteiger partial charge in [0.25, 0.3) is 0 Å². The van der Waals surface area contributed by atoms with Crippen molar-refractivity contribution in [2.75, 3.05) is 0 Å². The van der Waals surface area contributed by atoms with E-state index < -0.39 is 35.1 Å². The maximum atomic E-state index is 13.3. The van der Waals surface area contributed by atoms with E-state index in [1.165, 1.54) is 18.7 Å². The van der Waals surface area contributed by atoms with Crippen LogP contribution in [0.5, 0.6) is 0 Å². The molecule has 0 bridgehead atoms. The fourth-order valence-electron chi connectivity index (χ4n) is 3.73. The summed E-state index contributed by atoms with van der Waals surface area (Å²) in [6.07, 6.45) is 0.593. The Kier molecular flexibility index (Phi) is 7.69. The lowest BCUT2D eigenvalue weighted by Crippen LogP contribution is -2.53. The van der Waals surface area contributed by atoms with Crippen molar-refractivity contribution in [1.29, 1.82) is 0 Å². The normalized spacial score (nSPS) is 17.6. The highest BCUT2D eigenvalue weighted by Gasteiger charge is 2.36. The standard InChI is InChI=1S/C24H26N2O5S/c1-15(24(30)31)26-14-19-11-7-6-10-18(19)13-20(23(26)29)25-22(28)21(32-16(2)27)12-17-8-4-3-5-9-17/h3-11,15,20-21H,12-14H2,1-2H3,(H,25,28)(H,30,31)/t15-,20-,21-/m0/s1. The molecule has 168 valence electrons. The quantitative estimate of drug-likeness (QED) is 0.666. The summed E-state index contributed by atoms with van der Waals surface area (Å²) in [5.74, 6) is -1.98. The predicted molar refractivity (Wildman–Crippen MR) is 122 cm³/mol. The number of carboxylic acids is 1. The SMILES string of the molecule is CC(=O)S[C@@H](Cc1ccccc1)C(=O)N[C@H]1Cc2ccccc2CN([C@@H](C)C(=O)O)C1=O. The summed E-state index contributed by atoms with van der Waals surface area (Å²) < 4.78 is 0. The van der Waals surface area contributed by atoms with Gasteiger partial charge >= 0.3 is 5.97 Å². The molecule has 0 fully saturated rings. The number of rotatable bonds is 7. The summed E-state index contributed by atoms with van der Waals surface area (Å²) in [7, 11) is 0. The zero-order valence-electron chi connectivity index (χ0n) is 18.0. The average Bonchev–Trinajstić information content (AvgIpc) is 2.89. The van der Waals surface area contributed by atoms with E-state index in [4.69, 9.17) is 0 Å². The van der Waals surface area contributed by atoms with Crippen LogP contribution in [0.25, 0.3) is 0 Å². The van der Waals surface area contributed by atoms with E-state index in [1.54, 1.807) is 0 Å². The highest BCUT2D eigenvalue weighted by Crippen LogP contribution is 2.23. The van der Waals surface area contributed by atoms with Crippen LogP contribution >= 0.6 is 11.8 Å². The number of thioether (sulfide) groups is 1. The molecule has 0 saturated carbocycles. The minimum Gasteiger partial charge on any atom is -0.480 e. The van der Waals surface area contributed by atoms with E-state index in [9.17, 15) is 24.3 Å². The van der Waals surface area contributed by atoms with Crippen molar-refractivity contribution in [3.05, 3.63) is 71.3 Å². The summed E-state index contributed by atoms with van der Waals surface area (Å²) in [5.41, 5.74) is 2.63. The fourth-order valence-corrected chi connectivity index (χ4v) is 4.59. The number of hydrogen-bond donors (Lipinski definition) is 2. The Bertz CT molecular complexity index is 1010. The number of nitrogens with one attached hydrogen (secondary N) is 1. The average molecular weight is 455 g/mol. The van der Waals surface area contributed by atoms with Crippen LogP contribution in [-0.4, -0.2) is 50.2 Å². The van der Waals surface area contributed by atoms with Gasteiger partial charge in [-0.1, -0.05) is 66.4 Å². The van der Waals surface area contributed by atoms with Crippen LogP contribution in [0.2, 0.25) is 0 Å². The second-order valence-corrected chi connectivity index (χ2v) is 9.18. The van der Waals surface area contributed by atoms with Crippen LogP contribution in [0.1, 0.15) is 30.5 Å². The summed E-state index contributed by atoms with van der Waals surface area (Å²) in [6.45, 7) is 3.01. The number of aliphatic carboxylic acids is 1. The van der Waals surface area contributed by atoms with Gasteiger partial charge in [0.05, 0.1) is 5.25 Å². The molecular weight excluding hydrogens is 428 g/mol. The zero-order chi connectivity index (χ0) is 23.3. The molecule has 1 heterocycles. The van der Waals surface area contributed by atoms with Gasteiger partial charge < -0.3 is 15.3 Å². The Hall–Kier alpha value is -3.13. The van der Waals surface area contributed by atoms with Crippen LogP contribution in [0.3, 0.4) is 0 Å². The monoisotopic (exact) mass is 454 g/mol. The third kappa shape index (κ3) is 5.76. The first-order chi connectivity index (χ1) is 15.3. The second-order valence-electron chi connectivity index (χ2n) is 7.80. The van der Waals surface area contributed by atoms with Crippen LogP contribution in [0.15, 0.2) is 54.6 Å². The Labute approximate surface area is 191 Å². The number of hydrogen-bond acceptors (Lipinski definition) is 5. The van der Waals surface area contributed by atoms with Crippen molar-refractivity contribution < 1.29 is 24.3 Å². The summed E-state index contributed by atoms with van der Waals surface area (Å²) in [6, 6.07) is 14.8. The molecule has 2 aromatic carbocycles. The van der Waals surface area contributed by atoms with Crippen molar-refractivity contribution in [1.82, 2.24) is 10.2 Å². The number of carbonyl (C=O) groups excluding carboxylic acids is 3. The maximum absolute atomic E-state index is 13.3. The minimum atomic E-state index is -1.11. The van der Waals surface area contributed by atoms with Gasteiger partial charge in [-0.2, -0.15) is 0 Å². The molecule has 2 aromatic rings. The Balaban J connectivity index is 1.86. The molecule has 0 unspecified atom stereocenters. The molecule has 3 atom stereocenters. The smallest absolute Gasteiger partial charge is 0.326 e. The third-order valence-corrected chi connectivity index (χ3v) is 6.47. The van der Waals surface area contributed by atoms with E-state index >= 15 is 0 Å². The molecule has 1 aliphatic heterocycles. The van der Waals surface area contributed by atoms with Crippen LogP contribution < -0.4 is 5.32 Å². The first-order valence-electron chi connectivity index (χ1n) is 10.4. The van der Waals surface area contributed by atoms with E-state index in [0.29, 0.717) is 6.42 Å². The zero-order valence-corrected chi connectivity index (χ0v) is 18.8. The Morgan fingerprint density at radius 1 is 1.09 bits per heavy atom. The Morgan fingerprint density at radius 3 is 2.34 bits per heavy atom. The van der Waals surface area contributed by atoms with Crippen molar-refractivity contribution in [2.24, 2.45) is 0 Å². The summed E-state index contributed by atoms with van der Waals surface area (Å²) >= 11 is 0.925. The number of fused-ring (bicyclic) bond motifs is 1. The topological polar surface area (TPSA) is 104 Å². The highest BCUT2D eigenvalue weighted by atomic mass is 32.2. The maximum Gasteiger partial charge on any atom is 0.326 e. The van der Waals surface area contributed by atoms with Crippen LogP contribution in [0.4, 0.5) is 0 Å². The summed E-state index contributed by atoms with van der Waals surface area (Å²) in [5, 5.41) is 11.4. The predicted octanol–water partition coefficient (Wildman–Crippen LogP) is 2.42. The van der Waals surface area contributed by atoms with Gasteiger partial charge in [-0.25, -0.2) is 4.79 Å². The molecule has 1 aliphatic rings. The summed E-state index contributed by atoms with van der Waals surface area (Å²) in [4.78, 5) is 51.1. The molecule has 0 saturated heterocycles. The van der Waals surface area contributed by atoms with Gasteiger partial charge in [-0.3, -0.25) is 14.4 Å². The number of nitrogens with zero attached hydrogens (tertiary/aromatic N) is 1. The van der Waals surface area contributed by atoms with E-state index in [1.807, 2.05) is 54.6 Å². The number of carboxylic acid groups (broad SMARTS) is 1. The molecule has 0 spiro atoms. The Morgan fingerprint density at radius 2 is 1.72 bits per heavy atom. The largest absolute Gasteiger partial charge is 0.480 e. The van der Waals surface area contributed by atoms with Gasteiger partial charge in [-0.05, 0) is 30.0 Å². The molecule has 32 heavy (non-hydrogen) atoms. The van der Waals surface area contributed by atoms with Gasteiger partial charge in [-0.15, -0.1) is 0 Å². The van der Waals surface area contributed by atoms with Crippen molar-refractivity contribution in [3.63, 3.8) is 0 Å². The first-order valence-corrected chi connectivity index (χ1v) is 11.3. The van der Waals surface area contributed by atoms with Crippen LogP contribution in [-0.2, 0) is 38.6 Å². The lowest BCUT2D eigenvalue weighted by atomic mass is 10.0. The third-order valence-electron chi connectivity index (χ3n) is 5.47. The molecule has 3 rings (SSSR count). The van der Waals surface area contributed by atoms with Crippen molar-refractivity contribution in [3.8, 4) is 0 Å². The molecule has 0 aliphatic carbocycles. The van der Waals surface area contributed by atoms with Crippen molar-refractivity contribution >= 4 is 34.7 Å². The molecule has 2 N–H and O–H groups in total. The van der Waals surface area contributed by atoms with Crippen molar-refractivity contribution in [2.45, 2.75) is 50.6 Å². The highest BCUT2D eigenvalue weighted by molar-refractivity contribution is 8.14.